The normalized spacial score (nSPS) is 13.3. The van der Waals surface area contributed by atoms with Crippen LogP contribution in [0.1, 0.15) is 76.3 Å². The molecular weight excluding hydrogens is 364 g/mol. The lowest BCUT2D eigenvalue weighted by atomic mass is 10.1. The van der Waals surface area contributed by atoms with E-state index in [-0.39, 0.29) is 0 Å². The summed E-state index contributed by atoms with van der Waals surface area (Å²) in [6.45, 7) is 6.90. The van der Waals surface area contributed by atoms with Crippen LogP contribution in [0.3, 0.4) is 0 Å². The molecule has 0 aliphatic rings. The van der Waals surface area contributed by atoms with E-state index >= 15 is 0 Å². The molecule has 0 unspecified atom stereocenters. The van der Waals surface area contributed by atoms with Crippen molar-refractivity contribution in [1.82, 2.24) is 10.6 Å². The summed E-state index contributed by atoms with van der Waals surface area (Å²) in [5.41, 5.74) is 2.86. The maximum atomic E-state index is 3.67. The number of hydrogen-bond donors (Lipinski definition) is 2. The fourth-order valence-electron chi connectivity index (χ4n) is 4.09. The van der Waals surface area contributed by atoms with Crippen LogP contribution in [-0.2, 0) is 12.8 Å². The average molecular weight is 409 g/mol. The highest BCUT2D eigenvalue weighted by Crippen LogP contribution is 2.09. The van der Waals surface area contributed by atoms with Crippen LogP contribution in [0.15, 0.2) is 60.7 Å². The maximum Gasteiger partial charge on any atom is 0.00791 e. The Morgan fingerprint density at radius 3 is 1.20 bits per heavy atom. The molecule has 30 heavy (non-hydrogen) atoms. The van der Waals surface area contributed by atoms with Gasteiger partial charge in [-0.1, -0.05) is 99.2 Å². The summed E-state index contributed by atoms with van der Waals surface area (Å²) in [4.78, 5) is 0. The molecule has 0 amide bonds. The van der Waals surface area contributed by atoms with E-state index in [1.807, 2.05) is 0 Å². The van der Waals surface area contributed by atoms with E-state index in [4.69, 9.17) is 0 Å². The first-order valence-corrected chi connectivity index (χ1v) is 12.3. The lowest BCUT2D eigenvalue weighted by Crippen LogP contribution is -2.29. The SMILES string of the molecule is C[C@@H](Cc1ccccc1)NCCCCCCCCCCN[C@@H](C)Cc1ccccc1. The molecule has 2 N–H and O–H groups in total. The monoisotopic (exact) mass is 408 g/mol. The minimum atomic E-state index is 0.566. The van der Waals surface area contributed by atoms with Gasteiger partial charge in [-0.3, -0.25) is 0 Å². The molecule has 0 saturated carbocycles. The molecule has 0 radical (unpaired) electrons. The largest absolute Gasteiger partial charge is 0.314 e. The molecule has 0 aliphatic heterocycles. The van der Waals surface area contributed by atoms with Crippen LogP contribution >= 0.6 is 0 Å². The van der Waals surface area contributed by atoms with Gasteiger partial charge >= 0.3 is 0 Å². The summed E-state index contributed by atoms with van der Waals surface area (Å²) in [6.07, 6.45) is 13.2. The Balaban J connectivity index is 1.32. The molecule has 2 aromatic carbocycles. The number of benzene rings is 2. The van der Waals surface area contributed by atoms with Gasteiger partial charge in [0.25, 0.3) is 0 Å². The molecule has 0 saturated heterocycles. The third-order valence-electron chi connectivity index (χ3n) is 5.86. The molecule has 0 aliphatic carbocycles. The summed E-state index contributed by atoms with van der Waals surface area (Å²) < 4.78 is 0. The molecule has 2 rings (SSSR count). The van der Waals surface area contributed by atoms with E-state index < -0.39 is 0 Å². The lowest BCUT2D eigenvalue weighted by Gasteiger charge is -2.14. The van der Waals surface area contributed by atoms with E-state index in [1.54, 1.807) is 0 Å². The maximum absolute atomic E-state index is 3.67. The highest BCUT2D eigenvalue weighted by molar-refractivity contribution is 5.16. The molecular formula is C28H44N2. The molecule has 2 aromatic rings. The second kappa shape index (κ2) is 16.1. The fourth-order valence-corrected chi connectivity index (χ4v) is 4.09. The van der Waals surface area contributed by atoms with Crippen molar-refractivity contribution in [2.75, 3.05) is 13.1 Å². The first-order chi connectivity index (χ1) is 14.7. The third kappa shape index (κ3) is 12.1. The Morgan fingerprint density at radius 1 is 0.500 bits per heavy atom. The van der Waals surface area contributed by atoms with Crippen molar-refractivity contribution in [3.05, 3.63) is 71.8 Å². The molecule has 0 fully saturated rings. The number of hydrogen-bond acceptors (Lipinski definition) is 2. The van der Waals surface area contributed by atoms with E-state index in [2.05, 4.69) is 85.1 Å². The smallest absolute Gasteiger partial charge is 0.00791 e. The van der Waals surface area contributed by atoms with E-state index in [9.17, 15) is 0 Å². The molecule has 0 bridgehead atoms. The van der Waals surface area contributed by atoms with E-state index in [0.717, 1.165) is 25.9 Å². The zero-order chi connectivity index (χ0) is 21.3. The summed E-state index contributed by atoms with van der Waals surface area (Å²) in [5.74, 6) is 0. The van der Waals surface area contributed by atoms with Crippen molar-refractivity contribution in [3.8, 4) is 0 Å². The van der Waals surface area contributed by atoms with Gasteiger partial charge in [0.1, 0.15) is 0 Å². The molecule has 2 heteroatoms. The van der Waals surface area contributed by atoms with Gasteiger partial charge in [-0.05, 0) is 63.7 Å². The van der Waals surface area contributed by atoms with Crippen LogP contribution in [0, 0.1) is 0 Å². The Morgan fingerprint density at radius 2 is 0.833 bits per heavy atom. The lowest BCUT2D eigenvalue weighted by molar-refractivity contribution is 0.496. The summed E-state index contributed by atoms with van der Waals surface area (Å²) >= 11 is 0. The second-order valence-corrected chi connectivity index (χ2v) is 8.92. The van der Waals surface area contributed by atoms with Crippen LogP contribution in [0.25, 0.3) is 0 Å². The molecule has 0 spiro atoms. The summed E-state index contributed by atoms with van der Waals surface area (Å²) in [6, 6.07) is 22.7. The van der Waals surface area contributed by atoms with Crippen molar-refractivity contribution in [1.29, 1.82) is 0 Å². The topological polar surface area (TPSA) is 24.1 Å². The van der Waals surface area contributed by atoms with Crippen molar-refractivity contribution in [3.63, 3.8) is 0 Å². The van der Waals surface area contributed by atoms with E-state index in [1.165, 1.54) is 62.5 Å². The predicted molar refractivity (Wildman–Crippen MR) is 132 cm³/mol. The van der Waals surface area contributed by atoms with E-state index in [0.29, 0.717) is 12.1 Å². The van der Waals surface area contributed by atoms with Gasteiger partial charge in [0.05, 0.1) is 0 Å². The van der Waals surface area contributed by atoms with Crippen LogP contribution in [0.4, 0.5) is 0 Å². The molecule has 2 nitrogen and oxygen atoms in total. The zero-order valence-corrected chi connectivity index (χ0v) is 19.4. The van der Waals surface area contributed by atoms with Gasteiger partial charge in [0, 0.05) is 12.1 Å². The Kier molecular flexibility index (Phi) is 13.2. The van der Waals surface area contributed by atoms with Crippen LogP contribution in [-0.4, -0.2) is 25.2 Å². The third-order valence-corrected chi connectivity index (χ3v) is 5.86. The average Bonchev–Trinajstić information content (AvgIpc) is 2.76. The highest BCUT2D eigenvalue weighted by atomic mass is 14.9. The van der Waals surface area contributed by atoms with Gasteiger partial charge in [-0.25, -0.2) is 0 Å². The van der Waals surface area contributed by atoms with Crippen molar-refractivity contribution >= 4 is 0 Å². The second-order valence-electron chi connectivity index (χ2n) is 8.92. The number of nitrogens with one attached hydrogen (secondary N) is 2. The minimum absolute atomic E-state index is 0.566. The first kappa shape index (κ1) is 24.6. The Labute approximate surface area is 185 Å². The minimum Gasteiger partial charge on any atom is -0.314 e. The first-order valence-electron chi connectivity index (χ1n) is 12.3. The zero-order valence-electron chi connectivity index (χ0n) is 19.4. The molecule has 2 atom stereocenters. The fraction of sp³-hybridized carbons (Fsp3) is 0.571. The quantitative estimate of drug-likeness (QED) is 0.290. The predicted octanol–water partition coefficient (Wildman–Crippen LogP) is 6.55. The van der Waals surface area contributed by atoms with Gasteiger partial charge in [0.2, 0.25) is 0 Å². The standard InChI is InChI=1S/C28H44N2/c1-25(23-27-17-11-9-12-18-27)29-21-15-7-5-3-4-6-8-16-22-30-26(2)24-28-19-13-10-14-20-28/h9-14,17-20,25-26,29-30H,3-8,15-16,21-24H2,1-2H3/t25-,26-/m0/s1. The van der Waals surface area contributed by atoms with Crippen molar-refractivity contribution < 1.29 is 0 Å². The van der Waals surface area contributed by atoms with Gasteiger partial charge in [0.15, 0.2) is 0 Å². The van der Waals surface area contributed by atoms with Crippen molar-refractivity contribution in [2.24, 2.45) is 0 Å². The van der Waals surface area contributed by atoms with Crippen molar-refractivity contribution in [2.45, 2.75) is 90.1 Å². The molecule has 0 aromatic heterocycles. The Hall–Kier alpha value is -1.64. The molecule has 0 heterocycles. The van der Waals surface area contributed by atoms with Gasteiger partial charge in [-0.15, -0.1) is 0 Å². The number of rotatable bonds is 17. The van der Waals surface area contributed by atoms with Gasteiger partial charge in [-0.2, -0.15) is 0 Å². The van der Waals surface area contributed by atoms with Gasteiger partial charge < -0.3 is 10.6 Å². The summed E-state index contributed by atoms with van der Waals surface area (Å²) in [7, 11) is 0. The highest BCUT2D eigenvalue weighted by Gasteiger charge is 2.03. The van der Waals surface area contributed by atoms with Crippen LogP contribution in [0.2, 0.25) is 0 Å². The van der Waals surface area contributed by atoms with Crippen LogP contribution in [0.5, 0.6) is 0 Å². The Bertz CT molecular complexity index is 568. The summed E-state index contributed by atoms with van der Waals surface area (Å²) in [5, 5.41) is 7.35. The van der Waals surface area contributed by atoms with Crippen LogP contribution < -0.4 is 10.6 Å². The molecule has 166 valence electrons. The number of unbranched alkanes of at least 4 members (excludes halogenated alkanes) is 7.